The number of halogens is 3. The zero-order valence-corrected chi connectivity index (χ0v) is 14.6. The molecule has 0 spiro atoms. The Bertz CT molecular complexity index is 608. The zero-order valence-electron chi connectivity index (χ0n) is 14.6. The van der Waals surface area contributed by atoms with Crippen LogP contribution in [0.3, 0.4) is 0 Å². The third-order valence-corrected chi connectivity index (χ3v) is 5.16. The van der Waals surface area contributed by atoms with Crippen LogP contribution in [0, 0.1) is 5.92 Å². The first-order chi connectivity index (χ1) is 11.8. The number of alkyl halides is 3. The summed E-state index contributed by atoms with van der Waals surface area (Å²) in [5.41, 5.74) is -1.01. The van der Waals surface area contributed by atoms with Gasteiger partial charge < -0.3 is 9.80 Å². The Hall–Kier alpha value is -1.57. The molecule has 140 valence electrons. The van der Waals surface area contributed by atoms with Crippen LogP contribution in [-0.4, -0.2) is 58.2 Å². The van der Waals surface area contributed by atoms with E-state index in [9.17, 15) is 18.0 Å². The molecule has 3 heterocycles. The van der Waals surface area contributed by atoms with E-state index in [0.29, 0.717) is 19.0 Å². The molecule has 8 heteroatoms. The molecule has 0 aliphatic carbocycles. The second kappa shape index (κ2) is 7.35. The van der Waals surface area contributed by atoms with Crippen molar-refractivity contribution in [2.45, 2.75) is 38.3 Å². The molecule has 1 amide bonds. The van der Waals surface area contributed by atoms with Crippen molar-refractivity contribution in [3.63, 3.8) is 0 Å². The molecule has 0 saturated carbocycles. The summed E-state index contributed by atoms with van der Waals surface area (Å²) in [5, 5.41) is 3.45. The van der Waals surface area contributed by atoms with Crippen molar-refractivity contribution < 1.29 is 18.0 Å². The van der Waals surface area contributed by atoms with E-state index in [0.717, 1.165) is 43.2 Å². The smallest absolute Gasteiger partial charge is 0.337 e. The maximum atomic E-state index is 12.8. The van der Waals surface area contributed by atoms with Gasteiger partial charge in [-0.2, -0.15) is 18.3 Å². The van der Waals surface area contributed by atoms with E-state index in [1.165, 1.54) is 26.3 Å². The van der Waals surface area contributed by atoms with Crippen LogP contribution in [0.4, 0.5) is 13.2 Å². The van der Waals surface area contributed by atoms with Crippen LogP contribution in [0.2, 0.25) is 0 Å². The first-order valence-corrected chi connectivity index (χ1v) is 8.97. The van der Waals surface area contributed by atoms with E-state index >= 15 is 0 Å². The fraction of sp³-hybridized carbons (Fsp3) is 0.765. The number of amides is 1. The predicted octanol–water partition coefficient (Wildman–Crippen LogP) is 2.78. The average molecular weight is 358 g/mol. The van der Waals surface area contributed by atoms with Crippen molar-refractivity contribution >= 4 is 5.91 Å². The molecule has 2 fully saturated rings. The second-order valence-corrected chi connectivity index (χ2v) is 7.16. The van der Waals surface area contributed by atoms with E-state index in [1.54, 1.807) is 4.90 Å². The molecule has 1 aromatic rings. The molecule has 1 aromatic heterocycles. The Balaban J connectivity index is 1.64. The summed E-state index contributed by atoms with van der Waals surface area (Å²) in [7, 11) is 1.39. The average Bonchev–Trinajstić information content (AvgIpc) is 2.97. The molecule has 3 rings (SSSR count). The highest BCUT2D eigenvalue weighted by atomic mass is 19.4. The van der Waals surface area contributed by atoms with Gasteiger partial charge in [-0.3, -0.25) is 9.48 Å². The molecule has 0 N–H and O–H groups in total. The van der Waals surface area contributed by atoms with E-state index in [2.05, 4.69) is 10.00 Å². The van der Waals surface area contributed by atoms with Crippen LogP contribution >= 0.6 is 0 Å². The summed E-state index contributed by atoms with van der Waals surface area (Å²) >= 11 is 0. The first-order valence-electron chi connectivity index (χ1n) is 8.97. The van der Waals surface area contributed by atoms with E-state index in [1.807, 2.05) is 0 Å². The molecule has 2 aliphatic rings. The Morgan fingerprint density at radius 1 is 1.20 bits per heavy atom. The number of hydrogen-bond acceptors (Lipinski definition) is 3. The van der Waals surface area contributed by atoms with Crippen molar-refractivity contribution in [1.29, 1.82) is 0 Å². The van der Waals surface area contributed by atoms with Crippen LogP contribution < -0.4 is 0 Å². The maximum Gasteiger partial charge on any atom is 0.435 e. The molecule has 25 heavy (non-hydrogen) atoms. The van der Waals surface area contributed by atoms with Crippen LogP contribution in [-0.2, 0) is 13.2 Å². The fourth-order valence-corrected chi connectivity index (χ4v) is 3.87. The van der Waals surface area contributed by atoms with Crippen molar-refractivity contribution in [2.75, 3.05) is 32.7 Å². The number of hydrogen-bond donors (Lipinski definition) is 0. The quantitative estimate of drug-likeness (QED) is 0.834. The van der Waals surface area contributed by atoms with Crippen molar-refractivity contribution in [1.82, 2.24) is 19.6 Å². The van der Waals surface area contributed by atoms with Gasteiger partial charge in [0.1, 0.15) is 5.69 Å². The second-order valence-electron chi connectivity index (χ2n) is 7.16. The van der Waals surface area contributed by atoms with Crippen LogP contribution in [0.5, 0.6) is 0 Å². The number of carbonyl (C=O) groups excluding carboxylic acids is 1. The SMILES string of the molecule is Cn1nc(C(F)(F)F)cc1C(=O)N1CCC[C@H](CN2CCCCC2)C1. The summed E-state index contributed by atoms with van der Waals surface area (Å²) in [6.45, 7) is 4.41. The van der Waals surface area contributed by atoms with Gasteiger partial charge in [-0.25, -0.2) is 0 Å². The minimum absolute atomic E-state index is 0.00551. The molecule has 0 bridgehead atoms. The van der Waals surface area contributed by atoms with Crippen LogP contribution in [0.25, 0.3) is 0 Å². The summed E-state index contributed by atoms with van der Waals surface area (Å²) in [6, 6.07) is 0.858. The van der Waals surface area contributed by atoms with Crippen LogP contribution in [0.1, 0.15) is 48.3 Å². The van der Waals surface area contributed by atoms with Crippen molar-refractivity contribution in [3.8, 4) is 0 Å². The minimum Gasteiger partial charge on any atom is -0.337 e. The first kappa shape index (κ1) is 18.2. The lowest BCUT2D eigenvalue weighted by Crippen LogP contribution is -2.45. The number of carbonyl (C=O) groups is 1. The lowest BCUT2D eigenvalue weighted by atomic mass is 9.96. The van der Waals surface area contributed by atoms with Gasteiger partial charge in [-0.15, -0.1) is 0 Å². The number of rotatable bonds is 3. The normalized spacial score (nSPS) is 23.0. The Kier molecular flexibility index (Phi) is 5.36. The third-order valence-electron chi connectivity index (χ3n) is 5.16. The molecule has 0 aromatic carbocycles. The van der Waals surface area contributed by atoms with E-state index in [-0.39, 0.29) is 11.6 Å². The predicted molar refractivity (Wildman–Crippen MR) is 87.1 cm³/mol. The molecule has 2 saturated heterocycles. The molecule has 0 unspecified atom stereocenters. The number of likely N-dealkylation sites (tertiary alicyclic amines) is 2. The number of aryl methyl sites for hydroxylation is 1. The molecular formula is C17H25F3N4O. The Labute approximate surface area is 145 Å². The summed E-state index contributed by atoms with van der Waals surface area (Å²) in [5.74, 6) is 0.0416. The Morgan fingerprint density at radius 2 is 1.92 bits per heavy atom. The Morgan fingerprint density at radius 3 is 2.56 bits per heavy atom. The highest BCUT2D eigenvalue weighted by molar-refractivity contribution is 5.92. The minimum atomic E-state index is -4.53. The highest BCUT2D eigenvalue weighted by Gasteiger charge is 2.36. The van der Waals surface area contributed by atoms with Gasteiger partial charge in [0.25, 0.3) is 5.91 Å². The summed E-state index contributed by atoms with van der Waals surface area (Å²) in [6.07, 6.45) is 1.17. The standard InChI is InChI=1S/C17H25F3N4O/c1-22-14(10-15(21-22)17(18,19)20)16(25)24-9-5-6-13(12-24)11-23-7-3-2-4-8-23/h10,13H,2-9,11-12H2,1H3/t13-/m1/s1. The van der Waals surface area contributed by atoms with Gasteiger partial charge in [0.15, 0.2) is 5.69 Å². The number of aromatic nitrogens is 2. The van der Waals surface area contributed by atoms with Gasteiger partial charge in [-0.05, 0) is 44.7 Å². The van der Waals surface area contributed by atoms with E-state index in [4.69, 9.17) is 0 Å². The monoisotopic (exact) mass is 358 g/mol. The molecule has 5 nitrogen and oxygen atoms in total. The van der Waals surface area contributed by atoms with Gasteiger partial charge in [-0.1, -0.05) is 6.42 Å². The summed E-state index contributed by atoms with van der Waals surface area (Å²) < 4.78 is 39.5. The van der Waals surface area contributed by atoms with Crippen molar-refractivity contribution in [3.05, 3.63) is 17.5 Å². The zero-order chi connectivity index (χ0) is 18.0. The van der Waals surface area contributed by atoms with E-state index < -0.39 is 11.9 Å². The fourth-order valence-electron chi connectivity index (χ4n) is 3.87. The molecule has 2 aliphatic heterocycles. The lowest BCUT2D eigenvalue weighted by molar-refractivity contribution is -0.141. The van der Waals surface area contributed by atoms with Gasteiger partial charge in [0.2, 0.25) is 0 Å². The maximum absolute atomic E-state index is 12.8. The van der Waals surface area contributed by atoms with Crippen molar-refractivity contribution in [2.24, 2.45) is 13.0 Å². The topological polar surface area (TPSA) is 41.4 Å². The third kappa shape index (κ3) is 4.34. The lowest BCUT2D eigenvalue weighted by Gasteiger charge is -2.36. The summed E-state index contributed by atoms with van der Waals surface area (Å²) in [4.78, 5) is 16.8. The molecule has 1 atom stereocenters. The number of piperidine rings is 2. The number of nitrogens with zero attached hydrogens (tertiary/aromatic N) is 4. The molecular weight excluding hydrogens is 333 g/mol. The van der Waals surface area contributed by atoms with Crippen LogP contribution in [0.15, 0.2) is 6.07 Å². The highest BCUT2D eigenvalue weighted by Crippen LogP contribution is 2.29. The van der Waals surface area contributed by atoms with Gasteiger partial charge >= 0.3 is 6.18 Å². The molecule has 0 radical (unpaired) electrons. The van der Waals surface area contributed by atoms with Gasteiger partial charge in [0.05, 0.1) is 0 Å². The largest absolute Gasteiger partial charge is 0.435 e. The van der Waals surface area contributed by atoms with Gasteiger partial charge in [0, 0.05) is 32.7 Å².